The van der Waals surface area contributed by atoms with E-state index in [1.165, 1.54) is 31.2 Å². The molecule has 2 aliphatic rings. The molecule has 1 aromatic carbocycles. The minimum atomic E-state index is 0.144. The van der Waals surface area contributed by atoms with Gasteiger partial charge in [-0.05, 0) is 49.7 Å². The average molecular weight is 245 g/mol. The second-order valence-electron chi connectivity index (χ2n) is 5.96. The van der Waals surface area contributed by atoms with E-state index >= 15 is 0 Å². The third-order valence-corrected chi connectivity index (χ3v) is 4.41. The molecule has 18 heavy (non-hydrogen) atoms. The molecule has 2 aliphatic carbocycles. The van der Waals surface area contributed by atoms with E-state index in [1.54, 1.807) is 0 Å². The first-order chi connectivity index (χ1) is 8.78. The third kappa shape index (κ3) is 2.76. The van der Waals surface area contributed by atoms with Gasteiger partial charge in [0.2, 0.25) is 0 Å². The quantitative estimate of drug-likeness (QED) is 0.833. The molecule has 2 nitrogen and oxygen atoms in total. The lowest BCUT2D eigenvalue weighted by Gasteiger charge is -2.29. The molecule has 2 heteroatoms. The topological polar surface area (TPSA) is 23.5 Å². The Balaban J connectivity index is 1.67. The molecular formula is C16H23NO. The average Bonchev–Trinajstić information content (AvgIpc) is 3.28. The van der Waals surface area contributed by atoms with Crippen molar-refractivity contribution in [1.82, 2.24) is 4.90 Å². The van der Waals surface area contributed by atoms with Crippen molar-refractivity contribution >= 4 is 0 Å². The molecule has 2 saturated carbocycles. The van der Waals surface area contributed by atoms with Crippen molar-refractivity contribution in [1.29, 1.82) is 0 Å². The van der Waals surface area contributed by atoms with Crippen molar-refractivity contribution in [3.63, 3.8) is 0 Å². The van der Waals surface area contributed by atoms with Crippen LogP contribution in [0.2, 0.25) is 0 Å². The van der Waals surface area contributed by atoms with Crippen molar-refractivity contribution in [3.05, 3.63) is 35.4 Å². The van der Waals surface area contributed by atoms with Gasteiger partial charge in [0, 0.05) is 18.6 Å². The minimum absolute atomic E-state index is 0.144. The summed E-state index contributed by atoms with van der Waals surface area (Å²) >= 11 is 0. The number of nitrogens with zero attached hydrogens (tertiary/aromatic N) is 1. The summed E-state index contributed by atoms with van der Waals surface area (Å²) in [4.78, 5) is 2.70. The monoisotopic (exact) mass is 245 g/mol. The Morgan fingerprint density at radius 2 is 1.72 bits per heavy atom. The summed E-state index contributed by atoms with van der Waals surface area (Å²) in [5.41, 5.74) is 2.39. The molecule has 0 saturated heterocycles. The lowest BCUT2D eigenvalue weighted by atomic mass is 10.1. The van der Waals surface area contributed by atoms with Gasteiger partial charge in [0.05, 0.1) is 6.61 Å². The van der Waals surface area contributed by atoms with Gasteiger partial charge in [-0.2, -0.15) is 0 Å². The van der Waals surface area contributed by atoms with Crippen LogP contribution in [0.4, 0.5) is 0 Å². The van der Waals surface area contributed by atoms with Crippen molar-refractivity contribution in [2.24, 2.45) is 5.92 Å². The minimum Gasteiger partial charge on any atom is -0.392 e. The Bertz CT molecular complexity index is 392. The number of rotatable bonds is 6. The Hall–Kier alpha value is -0.860. The van der Waals surface area contributed by atoms with Crippen LogP contribution >= 0.6 is 0 Å². The highest BCUT2D eigenvalue weighted by Gasteiger charge is 2.38. The van der Waals surface area contributed by atoms with Crippen molar-refractivity contribution in [2.45, 2.75) is 57.8 Å². The van der Waals surface area contributed by atoms with Crippen molar-refractivity contribution in [2.75, 3.05) is 0 Å². The first kappa shape index (κ1) is 12.2. The van der Waals surface area contributed by atoms with E-state index < -0.39 is 0 Å². The summed E-state index contributed by atoms with van der Waals surface area (Å²) in [7, 11) is 0. The van der Waals surface area contributed by atoms with Crippen LogP contribution in [-0.2, 0) is 13.2 Å². The van der Waals surface area contributed by atoms with Gasteiger partial charge in [0.25, 0.3) is 0 Å². The summed E-state index contributed by atoms with van der Waals surface area (Å²) in [6, 6.07) is 10.00. The van der Waals surface area contributed by atoms with Gasteiger partial charge in [-0.3, -0.25) is 4.90 Å². The summed E-state index contributed by atoms with van der Waals surface area (Å²) < 4.78 is 0. The lowest BCUT2D eigenvalue weighted by Crippen LogP contribution is -2.36. The van der Waals surface area contributed by atoms with E-state index in [1.807, 2.05) is 12.1 Å². The predicted molar refractivity (Wildman–Crippen MR) is 73.1 cm³/mol. The Kier molecular flexibility index (Phi) is 3.40. The van der Waals surface area contributed by atoms with Crippen LogP contribution in [0.15, 0.2) is 24.3 Å². The number of benzene rings is 1. The summed E-state index contributed by atoms with van der Waals surface area (Å²) in [6.45, 7) is 3.62. The summed E-state index contributed by atoms with van der Waals surface area (Å²) in [5, 5.41) is 9.07. The summed E-state index contributed by atoms with van der Waals surface area (Å²) in [5.74, 6) is 0.947. The normalized spacial score (nSPS) is 21.3. The third-order valence-electron chi connectivity index (χ3n) is 4.41. The first-order valence-electron chi connectivity index (χ1n) is 7.22. The molecule has 0 aliphatic heterocycles. The highest BCUT2D eigenvalue weighted by molar-refractivity contribution is 5.22. The fraction of sp³-hybridized carbons (Fsp3) is 0.625. The van der Waals surface area contributed by atoms with Gasteiger partial charge >= 0.3 is 0 Å². The number of aliphatic hydroxyl groups excluding tert-OH is 1. The fourth-order valence-corrected chi connectivity index (χ4v) is 2.82. The molecule has 0 amide bonds. The standard InChI is InChI=1S/C16H23NO/c1-12(15-6-7-15)17(16-8-9-16)10-13-2-4-14(11-18)5-3-13/h2-5,12,15-16,18H,6-11H2,1H3. The van der Waals surface area contributed by atoms with Gasteiger partial charge in [0.15, 0.2) is 0 Å². The van der Waals surface area contributed by atoms with E-state index in [0.717, 1.165) is 30.1 Å². The summed E-state index contributed by atoms with van der Waals surface area (Å²) in [6.07, 6.45) is 5.61. The maximum atomic E-state index is 9.07. The molecule has 98 valence electrons. The van der Waals surface area contributed by atoms with Crippen LogP contribution in [0, 0.1) is 5.92 Å². The highest BCUT2D eigenvalue weighted by atomic mass is 16.3. The molecule has 2 fully saturated rings. The van der Waals surface area contributed by atoms with Crippen LogP contribution in [0.1, 0.15) is 43.7 Å². The van der Waals surface area contributed by atoms with Gasteiger partial charge < -0.3 is 5.11 Å². The highest BCUT2D eigenvalue weighted by Crippen LogP contribution is 2.40. The van der Waals surface area contributed by atoms with Gasteiger partial charge in [-0.15, -0.1) is 0 Å². The predicted octanol–water partition coefficient (Wildman–Crippen LogP) is 2.94. The number of aliphatic hydroxyl groups is 1. The number of hydrogen-bond donors (Lipinski definition) is 1. The second-order valence-corrected chi connectivity index (χ2v) is 5.96. The Morgan fingerprint density at radius 3 is 2.22 bits per heavy atom. The lowest BCUT2D eigenvalue weighted by molar-refractivity contribution is 0.170. The smallest absolute Gasteiger partial charge is 0.0681 e. The molecule has 1 atom stereocenters. The maximum absolute atomic E-state index is 9.07. The molecule has 0 spiro atoms. The molecular weight excluding hydrogens is 222 g/mol. The molecule has 0 heterocycles. The maximum Gasteiger partial charge on any atom is 0.0681 e. The largest absolute Gasteiger partial charge is 0.392 e. The first-order valence-corrected chi connectivity index (χ1v) is 7.22. The van der Waals surface area contributed by atoms with Gasteiger partial charge in [-0.1, -0.05) is 24.3 Å². The molecule has 1 aromatic rings. The SMILES string of the molecule is CC(C1CC1)N(Cc1ccc(CO)cc1)C1CC1. The second kappa shape index (κ2) is 5.02. The molecule has 0 radical (unpaired) electrons. The molecule has 1 unspecified atom stereocenters. The zero-order chi connectivity index (χ0) is 12.5. The van der Waals surface area contributed by atoms with E-state index in [4.69, 9.17) is 5.11 Å². The van der Waals surface area contributed by atoms with E-state index in [-0.39, 0.29) is 6.61 Å². The number of hydrogen-bond acceptors (Lipinski definition) is 2. The van der Waals surface area contributed by atoms with E-state index in [2.05, 4.69) is 24.0 Å². The van der Waals surface area contributed by atoms with Crippen LogP contribution in [0.25, 0.3) is 0 Å². The van der Waals surface area contributed by atoms with E-state index in [9.17, 15) is 0 Å². The Labute approximate surface area is 110 Å². The van der Waals surface area contributed by atoms with Crippen LogP contribution in [0.5, 0.6) is 0 Å². The zero-order valence-electron chi connectivity index (χ0n) is 11.2. The van der Waals surface area contributed by atoms with E-state index in [0.29, 0.717) is 0 Å². The van der Waals surface area contributed by atoms with Crippen LogP contribution < -0.4 is 0 Å². The zero-order valence-corrected chi connectivity index (χ0v) is 11.2. The molecule has 1 N–H and O–H groups in total. The molecule has 0 bridgehead atoms. The van der Waals surface area contributed by atoms with Crippen LogP contribution in [-0.4, -0.2) is 22.1 Å². The molecule has 3 rings (SSSR count). The molecule has 0 aromatic heterocycles. The van der Waals surface area contributed by atoms with Gasteiger partial charge in [-0.25, -0.2) is 0 Å². The van der Waals surface area contributed by atoms with Crippen molar-refractivity contribution in [3.8, 4) is 0 Å². The van der Waals surface area contributed by atoms with Crippen molar-refractivity contribution < 1.29 is 5.11 Å². The van der Waals surface area contributed by atoms with Gasteiger partial charge in [0.1, 0.15) is 0 Å². The fourth-order valence-electron chi connectivity index (χ4n) is 2.82. The Morgan fingerprint density at radius 1 is 1.11 bits per heavy atom. The van der Waals surface area contributed by atoms with Crippen LogP contribution in [0.3, 0.4) is 0 Å².